The molecule has 2 atom stereocenters. The number of likely N-dealkylation sites (tertiary alicyclic amines) is 1. The highest BCUT2D eigenvalue weighted by Crippen LogP contribution is 2.18. The van der Waals surface area contributed by atoms with Gasteiger partial charge in [-0.1, -0.05) is 34.1 Å². The smallest absolute Gasteiger partial charge is 0.239 e. The van der Waals surface area contributed by atoms with Crippen LogP contribution in [0.2, 0.25) is 0 Å². The molecule has 1 aliphatic rings. The monoisotopic (exact) mass is 333 g/mol. The molecule has 130 valence electrons. The van der Waals surface area contributed by atoms with Crippen molar-refractivity contribution in [2.24, 2.45) is 17.1 Å². The second kappa shape index (κ2) is 9.36. The van der Waals surface area contributed by atoms with Gasteiger partial charge < -0.3 is 16.0 Å². The molecule has 2 unspecified atom stereocenters. The minimum atomic E-state index is -0.377. The number of rotatable bonds is 5. The van der Waals surface area contributed by atoms with E-state index in [1.807, 2.05) is 32.6 Å². The molecule has 1 rings (SSSR count). The van der Waals surface area contributed by atoms with Crippen molar-refractivity contribution in [3.63, 3.8) is 0 Å². The molecule has 3 N–H and O–H groups in total. The number of carbonyl (C=O) groups is 2. The lowest BCUT2D eigenvalue weighted by atomic mass is 9.93. The van der Waals surface area contributed by atoms with E-state index in [9.17, 15) is 9.59 Å². The van der Waals surface area contributed by atoms with Crippen molar-refractivity contribution < 1.29 is 9.59 Å². The topological polar surface area (TPSA) is 75.4 Å². The minimum absolute atomic E-state index is 0. The first kappa shape index (κ1) is 21.2. The predicted molar refractivity (Wildman–Crippen MR) is 91.9 cm³/mol. The first-order valence-corrected chi connectivity index (χ1v) is 8.08. The number of nitrogens with two attached hydrogens (primary N) is 1. The molecule has 22 heavy (non-hydrogen) atoms. The lowest BCUT2D eigenvalue weighted by Crippen LogP contribution is -2.50. The summed E-state index contributed by atoms with van der Waals surface area (Å²) in [5.74, 6) is 0.458. The molecule has 0 spiro atoms. The fraction of sp³-hybridized carbons (Fsp3) is 0.875. The summed E-state index contributed by atoms with van der Waals surface area (Å²) >= 11 is 0. The third kappa shape index (κ3) is 6.53. The zero-order chi connectivity index (χ0) is 16.0. The molecular weight excluding hydrogens is 302 g/mol. The number of hydrogen-bond donors (Lipinski definition) is 2. The third-order valence-electron chi connectivity index (χ3n) is 3.98. The molecule has 1 heterocycles. The molecule has 0 bridgehead atoms. The fourth-order valence-electron chi connectivity index (χ4n) is 2.60. The summed E-state index contributed by atoms with van der Waals surface area (Å²) in [4.78, 5) is 26.0. The van der Waals surface area contributed by atoms with Crippen LogP contribution in [0.5, 0.6) is 0 Å². The van der Waals surface area contributed by atoms with Crippen LogP contribution in [0.4, 0.5) is 0 Å². The van der Waals surface area contributed by atoms with Crippen molar-refractivity contribution in [2.45, 2.75) is 59.4 Å². The average Bonchev–Trinajstić information content (AvgIpc) is 2.43. The molecule has 0 radical (unpaired) electrons. The maximum atomic E-state index is 12.2. The fourth-order valence-corrected chi connectivity index (χ4v) is 2.60. The Bertz CT molecular complexity index is 369. The molecule has 0 aliphatic carbocycles. The van der Waals surface area contributed by atoms with E-state index in [-0.39, 0.29) is 35.7 Å². The highest BCUT2D eigenvalue weighted by molar-refractivity contribution is 5.85. The van der Waals surface area contributed by atoms with Gasteiger partial charge in [0.15, 0.2) is 0 Å². The van der Waals surface area contributed by atoms with Gasteiger partial charge in [-0.25, -0.2) is 0 Å². The largest absolute Gasteiger partial charge is 0.355 e. The minimum Gasteiger partial charge on any atom is -0.355 e. The van der Waals surface area contributed by atoms with Crippen molar-refractivity contribution in [3.05, 3.63) is 0 Å². The van der Waals surface area contributed by atoms with E-state index in [1.54, 1.807) is 0 Å². The molecule has 1 aliphatic heterocycles. The molecule has 0 aromatic heterocycles. The van der Waals surface area contributed by atoms with E-state index >= 15 is 0 Å². The predicted octanol–water partition coefficient (Wildman–Crippen LogP) is 1.94. The summed E-state index contributed by atoms with van der Waals surface area (Å²) < 4.78 is 0. The summed E-state index contributed by atoms with van der Waals surface area (Å²) in [5, 5.41) is 3.00. The molecular formula is C16H32ClN3O2. The third-order valence-corrected chi connectivity index (χ3v) is 3.98. The van der Waals surface area contributed by atoms with Crippen LogP contribution in [-0.4, -0.2) is 42.4 Å². The van der Waals surface area contributed by atoms with Crippen molar-refractivity contribution in [3.8, 4) is 0 Å². The number of nitrogens with one attached hydrogen (secondary N) is 1. The van der Waals surface area contributed by atoms with Gasteiger partial charge >= 0.3 is 0 Å². The molecule has 5 nitrogen and oxygen atoms in total. The van der Waals surface area contributed by atoms with Gasteiger partial charge in [0, 0.05) is 25.0 Å². The molecule has 6 heteroatoms. The van der Waals surface area contributed by atoms with E-state index < -0.39 is 0 Å². The Hall–Kier alpha value is -0.810. The summed E-state index contributed by atoms with van der Waals surface area (Å²) in [5.41, 5.74) is 5.55. The summed E-state index contributed by atoms with van der Waals surface area (Å²) in [7, 11) is 0. The standard InChI is InChI=1S/C16H31N3O2.ClH/c1-5-7-13(17)14(20)19-9-6-8-12(11-19)10-18-15(21)16(2,3)4;/h12-13H,5-11,17H2,1-4H3,(H,18,21);1H. The van der Waals surface area contributed by atoms with Crippen LogP contribution in [0, 0.1) is 11.3 Å². The van der Waals surface area contributed by atoms with Gasteiger partial charge in [-0.3, -0.25) is 9.59 Å². The van der Waals surface area contributed by atoms with Crippen LogP contribution in [0.3, 0.4) is 0 Å². The number of carbonyl (C=O) groups excluding carboxylic acids is 2. The van der Waals surface area contributed by atoms with E-state index in [0.717, 1.165) is 32.2 Å². The molecule has 1 fully saturated rings. The SMILES string of the molecule is CCCC(N)C(=O)N1CCCC(CNC(=O)C(C)(C)C)C1.Cl. The van der Waals surface area contributed by atoms with Gasteiger partial charge in [0.1, 0.15) is 0 Å². The average molecular weight is 334 g/mol. The Morgan fingerprint density at radius 2 is 2.00 bits per heavy atom. The summed E-state index contributed by atoms with van der Waals surface area (Å²) in [6.07, 6.45) is 3.70. The van der Waals surface area contributed by atoms with Gasteiger partial charge in [0.2, 0.25) is 11.8 Å². The maximum Gasteiger partial charge on any atom is 0.239 e. The zero-order valence-electron chi connectivity index (χ0n) is 14.4. The maximum absolute atomic E-state index is 12.2. The first-order chi connectivity index (χ1) is 9.75. The lowest BCUT2D eigenvalue weighted by molar-refractivity contribution is -0.134. The van der Waals surface area contributed by atoms with Crippen LogP contribution in [0.25, 0.3) is 0 Å². The van der Waals surface area contributed by atoms with Gasteiger partial charge in [-0.15, -0.1) is 12.4 Å². The number of nitrogens with zero attached hydrogens (tertiary/aromatic N) is 1. The molecule has 0 aromatic rings. The van der Waals surface area contributed by atoms with Crippen molar-refractivity contribution in [2.75, 3.05) is 19.6 Å². The number of hydrogen-bond acceptors (Lipinski definition) is 3. The number of piperidine rings is 1. The van der Waals surface area contributed by atoms with Crippen LogP contribution < -0.4 is 11.1 Å². The molecule has 1 saturated heterocycles. The van der Waals surface area contributed by atoms with Crippen molar-refractivity contribution in [1.82, 2.24) is 10.2 Å². The van der Waals surface area contributed by atoms with E-state index in [0.29, 0.717) is 19.0 Å². The Labute approximate surface area is 140 Å². The Balaban J connectivity index is 0.00000441. The van der Waals surface area contributed by atoms with Gasteiger partial charge in [0.25, 0.3) is 0 Å². The quantitative estimate of drug-likeness (QED) is 0.807. The van der Waals surface area contributed by atoms with E-state index in [4.69, 9.17) is 5.73 Å². The molecule has 0 aromatic carbocycles. The Morgan fingerprint density at radius 3 is 2.55 bits per heavy atom. The highest BCUT2D eigenvalue weighted by Gasteiger charge is 2.28. The van der Waals surface area contributed by atoms with Crippen LogP contribution in [0.1, 0.15) is 53.4 Å². The van der Waals surface area contributed by atoms with E-state index in [2.05, 4.69) is 5.32 Å². The number of halogens is 1. The lowest BCUT2D eigenvalue weighted by Gasteiger charge is -2.34. The van der Waals surface area contributed by atoms with Crippen LogP contribution in [0.15, 0.2) is 0 Å². The van der Waals surface area contributed by atoms with E-state index in [1.165, 1.54) is 0 Å². The van der Waals surface area contributed by atoms with Gasteiger partial charge in [0.05, 0.1) is 6.04 Å². The Kier molecular flexibility index (Phi) is 9.01. The van der Waals surface area contributed by atoms with Crippen LogP contribution >= 0.6 is 12.4 Å². The highest BCUT2D eigenvalue weighted by atomic mass is 35.5. The van der Waals surface area contributed by atoms with Crippen molar-refractivity contribution in [1.29, 1.82) is 0 Å². The van der Waals surface area contributed by atoms with Crippen molar-refractivity contribution >= 4 is 24.2 Å². The Morgan fingerprint density at radius 1 is 1.36 bits per heavy atom. The van der Waals surface area contributed by atoms with Gasteiger partial charge in [-0.05, 0) is 25.2 Å². The molecule has 0 saturated carbocycles. The zero-order valence-corrected chi connectivity index (χ0v) is 15.2. The number of amides is 2. The summed E-state index contributed by atoms with van der Waals surface area (Å²) in [6, 6.07) is -0.377. The normalized spacial score (nSPS) is 20.0. The second-order valence-corrected chi connectivity index (χ2v) is 7.15. The van der Waals surface area contributed by atoms with Gasteiger partial charge in [-0.2, -0.15) is 0 Å². The molecule has 2 amide bonds. The van der Waals surface area contributed by atoms with Crippen LogP contribution in [-0.2, 0) is 9.59 Å². The summed E-state index contributed by atoms with van der Waals surface area (Å²) in [6.45, 7) is 9.89. The first-order valence-electron chi connectivity index (χ1n) is 8.08. The second-order valence-electron chi connectivity index (χ2n) is 7.15.